The Morgan fingerprint density at radius 1 is 1.11 bits per heavy atom. The van der Waals surface area contributed by atoms with E-state index in [2.05, 4.69) is 26.3 Å². The van der Waals surface area contributed by atoms with Crippen LogP contribution in [0.5, 0.6) is 11.5 Å². The predicted molar refractivity (Wildman–Crippen MR) is 110 cm³/mol. The van der Waals surface area contributed by atoms with Gasteiger partial charge in [0.1, 0.15) is 17.3 Å². The van der Waals surface area contributed by atoms with E-state index in [0.717, 1.165) is 34.4 Å². The second kappa shape index (κ2) is 9.66. The Morgan fingerprint density at radius 2 is 1.89 bits per heavy atom. The zero-order valence-corrected chi connectivity index (χ0v) is 17.0. The maximum Gasteiger partial charge on any atom is 0.193 e. The number of nitrogens with one attached hydrogen (secondary N) is 1. The molecule has 0 aliphatic carbocycles. The average molecular weight is 371 g/mol. The zero-order valence-electron chi connectivity index (χ0n) is 17.0. The van der Waals surface area contributed by atoms with E-state index < -0.39 is 0 Å². The number of nitrogens with zero attached hydrogens (tertiary/aromatic N) is 4. The summed E-state index contributed by atoms with van der Waals surface area (Å²) in [5.74, 6) is 3.30. The molecule has 146 valence electrons. The Kier molecular flexibility index (Phi) is 7.28. The van der Waals surface area contributed by atoms with Gasteiger partial charge in [-0.05, 0) is 18.2 Å². The molecule has 0 atom stereocenters. The van der Waals surface area contributed by atoms with E-state index in [9.17, 15) is 0 Å². The molecule has 1 aromatic heterocycles. The smallest absolute Gasteiger partial charge is 0.193 e. The molecule has 1 N–H and O–H groups in total. The van der Waals surface area contributed by atoms with Gasteiger partial charge in [0.25, 0.3) is 0 Å². The average Bonchev–Trinajstić information content (AvgIpc) is 2.68. The van der Waals surface area contributed by atoms with Crippen molar-refractivity contribution in [1.29, 1.82) is 0 Å². The van der Waals surface area contributed by atoms with Crippen LogP contribution >= 0.6 is 0 Å². The molecule has 0 saturated heterocycles. The molecule has 7 nitrogen and oxygen atoms in total. The van der Waals surface area contributed by atoms with Crippen LogP contribution in [0.1, 0.15) is 11.1 Å². The van der Waals surface area contributed by atoms with Gasteiger partial charge < -0.3 is 24.6 Å². The fourth-order valence-electron chi connectivity index (χ4n) is 2.84. The largest absolute Gasteiger partial charge is 0.497 e. The Hall–Kier alpha value is -2.96. The molecule has 0 amide bonds. The molecule has 1 aromatic carbocycles. The molecule has 0 saturated carbocycles. The molecule has 0 aliphatic rings. The molecule has 2 rings (SSSR count). The van der Waals surface area contributed by atoms with Crippen molar-refractivity contribution in [2.24, 2.45) is 4.99 Å². The third kappa shape index (κ3) is 5.26. The van der Waals surface area contributed by atoms with Crippen LogP contribution in [-0.4, -0.2) is 58.3 Å². The number of benzene rings is 1. The predicted octanol–water partition coefficient (Wildman–Crippen LogP) is 2.37. The first-order chi connectivity index (χ1) is 13.0. The van der Waals surface area contributed by atoms with E-state index in [1.807, 2.05) is 50.3 Å². The highest BCUT2D eigenvalue weighted by atomic mass is 16.5. The van der Waals surface area contributed by atoms with Crippen molar-refractivity contribution in [3.05, 3.63) is 47.7 Å². The van der Waals surface area contributed by atoms with Crippen molar-refractivity contribution in [1.82, 2.24) is 15.2 Å². The summed E-state index contributed by atoms with van der Waals surface area (Å²) in [6.07, 6.45) is 1.80. The van der Waals surface area contributed by atoms with Gasteiger partial charge in [-0.1, -0.05) is 6.07 Å². The minimum Gasteiger partial charge on any atom is -0.497 e. The number of hydrogen-bond acceptors (Lipinski definition) is 5. The number of aromatic nitrogens is 1. The molecule has 2 aromatic rings. The molecule has 0 fully saturated rings. The van der Waals surface area contributed by atoms with Crippen LogP contribution in [0.4, 0.5) is 5.82 Å². The summed E-state index contributed by atoms with van der Waals surface area (Å²) in [6.45, 7) is 1.29. The van der Waals surface area contributed by atoms with Crippen LogP contribution in [-0.2, 0) is 13.1 Å². The van der Waals surface area contributed by atoms with Gasteiger partial charge >= 0.3 is 0 Å². The normalized spacial score (nSPS) is 11.1. The quantitative estimate of drug-likeness (QED) is 0.596. The number of rotatable bonds is 7. The van der Waals surface area contributed by atoms with E-state index >= 15 is 0 Å². The maximum absolute atomic E-state index is 5.49. The van der Waals surface area contributed by atoms with Crippen LogP contribution in [0.15, 0.2) is 41.5 Å². The monoisotopic (exact) mass is 371 g/mol. The van der Waals surface area contributed by atoms with Gasteiger partial charge in [-0.3, -0.25) is 4.99 Å². The first kappa shape index (κ1) is 20.4. The van der Waals surface area contributed by atoms with Gasteiger partial charge in [-0.15, -0.1) is 0 Å². The van der Waals surface area contributed by atoms with Crippen LogP contribution in [0.3, 0.4) is 0 Å². The van der Waals surface area contributed by atoms with Gasteiger partial charge in [0.15, 0.2) is 5.96 Å². The first-order valence-electron chi connectivity index (χ1n) is 8.74. The molecule has 1 heterocycles. The summed E-state index contributed by atoms with van der Waals surface area (Å²) >= 11 is 0. The highest BCUT2D eigenvalue weighted by molar-refractivity contribution is 5.79. The van der Waals surface area contributed by atoms with Crippen LogP contribution in [0, 0.1) is 0 Å². The van der Waals surface area contributed by atoms with Crippen LogP contribution in [0.2, 0.25) is 0 Å². The molecule has 0 radical (unpaired) electrons. The Balaban J connectivity index is 2.08. The van der Waals surface area contributed by atoms with Gasteiger partial charge in [0.2, 0.25) is 0 Å². The first-order valence-corrected chi connectivity index (χ1v) is 8.74. The third-order valence-electron chi connectivity index (χ3n) is 4.20. The van der Waals surface area contributed by atoms with E-state index in [0.29, 0.717) is 13.1 Å². The highest BCUT2D eigenvalue weighted by Crippen LogP contribution is 2.25. The van der Waals surface area contributed by atoms with Crippen molar-refractivity contribution in [2.75, 3.05) is 47.3 Å². The van der Waals surface area contributed by atoms with Crippen molar-refractivity contribution in [2.45, 2.75) is 13.1 Å². The minimum absolute atomic E-state index is 0.637. The SMILES string of the molecule is CN=C(NCc1cccnc1N(C)C)N(C)Cc1ccc(OC)cc1OC. The Bertz CT molecular complexity index is 777. The van der Waals surface area contributed by atoms with Gasteiger partial charge in [-0.2, -0.15) is 0 Å². The van der Waals surface area contributed by atoms with Crippen LogP contribution in [0.25, 0.3) is 0 Å². The van der Waals surface area contributed by atoms with Crippen molar-refractivity contribution in [3.63, 3.8) is 0 Å². The number of guanidine groups is 1. The van der Waals surface area contributed by atoms with E-state index in [4.69, 9.17) is 9.47 Å². The van der Waals surface area contributed by atoms with Gasteiger partial charge in [0.05, 0.1) is 14.2 Å². The Morgan fingerprint density at radius 3 is 2.52 bits per heavy atom. The summed E-state index contributed by atoms with van der Waals surface area (Å²) in [7, 11) is 11.1. The topological polar surface area (TPSA) is 62.2 Å². The summed E-state index contributed by atoms with van der Waals surface area (Å²) in [5.41, 5.74) is 2.16. The number of hydrogen-bond donors (Lipinski definition) is 1. The highest BCUT2D eigenvalue weighted by Gasteiger charge is 2.12. The zero-order chi connectivity index (χ0) is 19.8. The van der Waals surface area contributed by atoms with E-state index in [1.165, 1.54) is 0 Å². The standard InChI is InChI=1S/C20H29N5O2/c1-21-20(23-13-15-8-7-11-22-19(15)24(2)3)25(4)14-16-9-10-17(26-5)12-18(16)27-6/h7-12H,13-14H2,1-6H3,(H,21,23). The van der Waals surface area contributed by atoms with E-state index in [-0.39, 0.29) is 0 Å². The van der Waals surface area contributed by atoms with Crippen molar-refractivity contribution in [3.8, 4) is 11.5 Å². The van der Waals surface area contributed by atoms with Crippen molar-refractivity contribution >= 4 is 11.8 Å². The minimum atomic E-state index is 0.637. The summed E-state index contributed by atoms with van der Waals surface area (Å²) in [5, 5.41) is 3.40. The van der Waals surface area contributed by atoms with Gasteiger partial charge in [-0.25, -0.2) is 4.98 Å². The number of ether oxygens (including phenoxy) is 2. The van der Waals surface area contributed by atoms with Crippen LogP contribution < -0.4 is 19.7 Å². The lowest BCUT2D eigenvalue weighted by molar-refractivity contribution is 0.382. The molecule has 0 aliphatic heterocycles. The molecular formula is C20H29N5O2. The molecule has 0 unspecified atom stereocenters. The number of anilines is 1. The lowest BCUT2D eigenvalue weighted by atomic mass is 10.2. The maximum atomic E-state index is 5.49. The second-order valence-electron chi connectivity index (χ2n) is 6.32. The molecular weight excluding hydrogens is 342 g/mol. The number of methoxy groups -OCH3 is 2. The fraction of sp³-hybridized carbons (Fsp3) is 0.400. The summed E-state index contributed by atoms with van der Waals surface area (Å²) in [4.78, 5) is 12.9. The van der Waals surface area contributed by atoms with Gasteiger partial charge in [0, 0.05) is 64.7 Å². The van der Waals surface area contributed by atoms with E-state index in [1.54, 1.807) is 27.5 Å². The number of pyridine rings is 1. The number of aliphatic imine (C=N–C) groups is 1. The Labute approximate surface area is 161 Å². The second-order valence-corrected chi connectivity index (χ2v) is 6.32. The summed E-state index contributed by atoms with van der Waals surface area (Å²) in [6, 6.07) is 9.83. The third-order valence-corrected chi connectivity index (χ3v) is 4.20. The molecule has 7 heteroatoms. The fourth-order valence-corrected chi connectivity index (χ4v) is 2.84. The van der Waals surface area contributed by atoms with Crippen molar-refractivity contribution < 1.29 is 9.47 Å². The summed E-state index contributed by atoms with van der Waals surface area (Å²) < 4.78 is 10.8. The molecule has 27 heavy (non-hydrogen) atoms. The molecule has 0 bridgehead atoms. The molecule has 0 spiro atoms. The lowest BCUT2D eigenvalue weighted by Gasteiger charge is -2.24. The lowest BCUT2D eigenvalue weighted by Crippen LogP contribution is -2.38.